The molecular weight excluding hydrogens is 324 g/mol. The summed E-state index contributed by atoms with van der Waals surface area (Å²) in [5, 5.41) is 0.994. The molecule has 2 aromatic rings. The molecule has 1 aromatic carbocycles. The Morgan fingerprint density at radius 3 is 2.88 bits per heavy atom. The summed E-state index contributed by atoms with van der Waals surface area (Å²) in [6.07, 6.45) is 8.30. The Morgan fingerprint density at radius 2 is 2.04 bits per heavy atom. The summed E-state index contributed by atoms with van der Waals surface area (Å²) in [7, 11) is 0. The smallest absolute Gasteiger partial charge is 0.340 e. The number of ether oxygens (including phenoxy) is 1. The number of rotatable bonds is 4. The molecular formula is C22H30N2O2. The van der Waals surface area contributed by atoms with Crippen LogP contribution in [0.4, 0.5) is 0 Å². The lowest BCUT2D eigenvalue weighted by Crippen LogP contribution is -2.46. The normalized spacial score (nSPS) is 24.0. The van der Waals surface area contributed by atoms with Gasteiger partial charge in [-0.2, -0.15) is 0 Å². The molecule has 0 spiro atoms. The lowest BCUT2D eigenvalue weighted by Gasteiger charge is -2.42. The predicted octanol–water partition coefficient (Wildman–Crippen LogP) is 4.64. The third-order valence-corrected chi connectivity index (χ3v) is 6.15. The van der Waals surface area contributed by atoms with Crippen molar-refractivity contribution in [2.75, 3.05) is 19.7 Å². The van der Waals surface area contributed by atoms with E-state index in [4.69, 9.17) is 4.74 Å². The Morgan fingerprint density at radius 1 is 1.19 bits per heavy atom. The number of carbonyl (C=O) groups excluding carboxylic acids is 1. The van der Waals surface area contributed by atoms with E-state index in [9.17, 15) is 4.79 Å². The fraction of sp³-hybridized carbons (Fsp3) is 0.591. The highest BCUT2D eigenvalue weighted by molar-refractivity contribution is 6.04. The Balaban J connectivity index is 1.43. The van der Waals surface area contributed by atoms with Gasteiger partial charge in [-0.25, -0.2) is 4.79 Å². The summed E-state index contributed by atoms with van der Waals surface area (Å²) in [5.41, 5.74) is 1.80. The first-order chi connectivity index (χ1) is 12.6. The van der Waals surface area contributed by atoms with Crippen molar-refractivity contribution in [1.82, 2.24) is 9.47 Å². The van der Waals surface area contributed by atoms with E-state index in [2.05, 4.69) is 29.4 Å². The van der Waals surface area contributed by atoms with Gasteiger partial charge in [-0.1, -0.05) is 24.6 Å². The van der Waals surface area contributed by atoms with Gasteiger partial charge in [0.2, 0.25) is 0 Å². The number of fused-ring (bicyclic) bond motifs is 2. The van der Waals surface area contributed by atoms with E-state index in [-0.39, 0.29) is 5.97 Å². The standard InChI is InChI=1S/C22H30N2O2/c1-16(2)24-14-20(19-8-3-4-9-21(19)24)22(25)26-15-17-10-12-23-11-6-5-7-18(23)13-17/h3-4,8-9,14,16-18H,5-7,10-13,15H2,1-2H3. The second-order valence-electron chi connectivity index (χ2n) is 8.24. The van der Waals surface area contributed by atoms with Crippen molar-refractivity contribution in [3.05, 3.63) is 36.0 Å². The summed E-state index contributed by atoms with van der Waals surface area (Å²) in [6.45, 7) is 7.26. The van der Waals surface area contributed by atoms with Crippen LogP contribution in [0.3, 0.4) is 0 Å². The van der Waals surface area contributed by atoms with Gasteiger partial charge in [0, 0.05) is 29.2 Å². The molecule has 0 aliphatic carbocycles. The molecule has 4 rings (SSSR count). The molecule has 2 unspecified atom stereocenters. The van der Waals surface area contributed by atoms with E-state index in [1.807, 2.05) is 24.4 Å². The fourth-order valence-electron chi connectivity index (χ4n) is 4.69. The van der Waals surface area contributed by atoms with Gasteiger partial charge in [-0.05, 0) is 64.6 Å². The summed E-state index contributed by atoms with van der Waals surface area (Å²) in [4.78, 5) is 15.4. The SMILES string of the molecule is CC(C)n1cc(C(=O)OCC2CCN3CCCCC3C2)c2ccccc21. The molecule has 4 heteroatoms. The van der Waals surface area contributed by atoms with Gasteiger partial charge in [0.15, 0.2) is 0 Å². The second-order valence-corrected chi connectivity index (χ2v) is 8.24. The second kappa shape index (κ2) is 7.43. The van der Waals surface area contributed by atoms with Crippen LogP contribution >= 0.6 is 0 Å². The molecule has 0 bridgehead atoms. The maximum atomic E-state index is 12.8. The van der Waals surface area contributed by atoms with Crippen LogP contribution in [-0.4, -0.2) is 41.2 Å². The Bertz CT molecular complexity index is 780. The number of benzene rings is 1. The molecule has 0 saturated carbocycles. The van der Waals surface area contributed by atoms with Gasteiger partial charge in [0.1, 0.15) is 0 Å². The lowest BCUT2D eigenvalue weighted by molar-refractivity contribution is 0.0235. The first-order valence-corrected chi connectivity index (χ1v) is 10.1. The van der Waals surface area contributed by atoms with Crippen molar-refractivity contribution in [1.29, 1.82) is 0 Å². The topological polar surface area (TPSA) is 34.5 Å². The molecule has 2 fully saturated rings. The molecule has 2 aliphatic heterocycles. The maximum Gasteiger partial charge on any atom is 0.340 e. The van der Waals surface area contributed by atoms with Crippen LogP contribution in [0.2, 0.25) is 0 Å². The Hall–Kier alpha value is -1.81. The Kier molecular flexibility index (Phi) is 5.03. The highest BCUT2D eigenvalue weighted by Gasteiger charge is 2.31. The molecule has 3 heterocycles. The third-order valence-electron chi connectivity index (χ3n) is 6.15. The molecule has 2 aliphatic rings. The molecule has 4 nitrogen and oxygen atoms in total. The molecule has 140 valence electrons. The molecule has 26 heavy (non-hydrogen) atoms. The third kappa shape index (κ3) is 3.39. The zero-order valence-electron chi connectivity index (χ0n) is 16.0. The van der Waals surface area contributed by atoms with E-state index in [1.54, 1.807) is 0 Å². The van der Waals surface area contributed by atoms with Crippen molar-refractivity contribution in [3.8, 4) is 0 Å². The molecule has 0 amide bonds. The number of aromatic nitrogens is 1. The number of nitrogens with zero attached hydrogens (tertiary/aromatic N) is 2. The van der Waals surface area contributed by atoms with E-state index >= 15 is 0 Å². The molecule has 0 radical (unpaired) electrons. The van der Waals surface area contributed by atoms with Crippen LogP contribution in [0, 0.1) is 5.92 Å². The maximum absolute atomic E-state index is 12.8. The van der Waals surface area contributed by atoms with Gasteiger partial charge in [-0.3, -0.25) is 0 Å². The number of piperidine rings is 2. The number of hydrogen-bond acceptors (Lipinski definition) is 3. The summed E-state index contributed by atoms with van der Waals surface area (Å²) < 4.78 is 7.94. The van der Waals surface area contributed by atoms with Crippen molar-refractivity contribution in [2.45, 2.75) is 58.0 Å². The number of esters is 1. The zero-order chi connectivity index (χ0) is 18.1. The predicted molar refractivity (Wildman–Crippen MR) is 105 cm³/mol. The molecule has 0 N–H and O–H groups in total. The number of para-hydroxylation sites is 1. The van der Waals surface area contributed by atoms with Crippen LogP contribution < -0.4 is 0 Å². The van der Waals surface area contributed by atoms with Crippen molar-refractivity contribution >= 4 is 16.9 Å². The van der Waals surface area contributed by atoms with E-state index in [0.717, 1.165) is 17.3 Å². The highest BCUT2D eigenvalue weighted by atomic mass is 16.5. The average Bonchev–Trinajstić information content (AvgIpc) is 3.06. The van der Waals surface area contributed by atoms with Crippen LogP contribution in [0.5, 0.6) is 0 Å². The van der Waals surface area contributed by atoms with Gasteiger partial charge in [-0.15, -0.1) is 0 Å². The summed E-state index contributed by atoms with van der Waals surface area (Å²) in [6, 6.07) is 9.13. The van der Waals surface area contributed by atoms with Crippen LogP contribution in [-0.2, 0) is 4.74 Å². The lowest BCUT2D eigenvalue weighted by atomic mass is 9.86. The minimum absolute atomic E-state index is 0.174. The van der Waals surface area contributed by atoms with Crippen LogP contribution in [0.25, 0.3) is 10.9 Å². The highest BCUT2D eigenvalue weighted by Crippen LogP contribution is 2.30. The number of hydrogen-bond donors (Lipinski definition) is 0. The first-order valence-electron chi connectivity index (χ1n) is 10.1. The fourth-order valence-corrected chi connectivity index (χ4v) is 4.69. The minimum Gasteiger partial charge on any atom is -0.462 e. The van der Waals surface area contributed by atoms with Crippen molar-refractivity contribution < 1.29 is 9.53 Å². The Labute approximate surface area is 156 Å². The van der Waals surface area contributed by atoms with Gasteiger partial charge >= 0.3 is 5.97 Å². The van der Waals surface area contributed by atoms with E-state index in [0.29, 0.717) is 30.2 Å². The van der Waals surface area contributed by atoms with Crippen molar-refractivity contribution in [3.63, 3.8) is 0 Å². The van der Waals surface area contributed by atoms with Gasteiger partial charge < -0.3 is 14.2 Å². The van der Waals surface area contributed by atoms with Gasteiger partial charge in [0.05, 0.1) is 12.2 Å². The summed E-state index contributed by atoms with van der Waals surface area (Å²) >= 11 is 0. The quantitative estimate of drug-likeness (QED) is 0.750. The molecule has 2 saturated heterocycles. The van der Waals surface area contributed by atoms with E-state index < -0.39 is 0 Å². The monoisotopic (exact) mass is 354 g/mol. The van der Waals surface area contributed by atoms with Crippen molar-refractivity contribution in [2.24, 2.45) is 5.92 Å². The minimum atomic E-state index is -0.174. The first kappa shape index (κ1) is 17.6. The van der Waals surface area contributed by atoms with Gasteiger partial charge in [0.25, 0.3) is 0 Å². The molecule has 1 aromatic heterocycles. The number of carbonyl (C=O) groups is 1. The largest absolute Gasteiger partial charge is 0.462 e. The molecule has 2 atom stereocenters. The van der Waals surface area contributed by atoms with Crippen LogP contribution in [0.15, 0.2) is 30.5 Å². The summed E-state index contributed by atoms with van der Waals surface area (Å²) in [5.74, 6) is 0.337. The van der Waals surface area contributed by atoms with E-state index in [1.165, 1.54) is 38.8 Å². The average molecular weight is 354 g/mol. The van der Waals surface area contributed by atoms with Crippen LogP contribution in [0.1, 0.15) is 62.4 Å². The zero-order valence-corrected chi connectivity index (χ0v) is 16.0.